The van der Waals surface area contributed by atoms with E-state index in [1.54, 1.807) is 24.2 Å². The number of likely N-dealkylation sites (N-methyl/N-ethyl adjacent to an activating group) is 1. The fourth-order valence-electron chi connectivity index (χ4n) is 3.58. The highest BCUT2D eigenvalue weighted by Gasteiger charge is 2.28. The van der Waals surface area contributed by atoms with Gasteiger partial charge in [-0.1, -0.05) is 17.3 Å². The van der Waals surface area contributed by atoms with Crippen LogP contribution in [0.4, 0.5) is 4.39 Å². The summed E-state index contributed by atoms with van der Waals surface area (Å²) in [6.07, 6.45) is 5.68. The minimum Gasteiger partial charge on any atom is -0.340 e. The Morgan fingerprint density at radius 2 is 2.15 bits per heavy atom. The van der Waals surface area contributed by atoms with Crippen molar-refractivity contribution in [3.63, 3.8) is 0 Å². The molecule has 2 aromatic rings. The minimum atomic E-state index is -0.272. The first-order chi connectivity index (χ1) is 12.5. The highest BCUT2D eigenvalue weighted by molar-refractivity contribution is 5.81. The molecule has 1 aliphatic heterocycles. The second-order valence-corrected chi connectivity index (χ2v) is 7.10. The fourth-order valence-corrected chi connectivity index (χ4v) is 3.58. The van der Waals surface area contributed by atoms with E-state index in [4.69, 9.17) is 0 Å². The molecule has 0 saturated carbocycles. The molecular weight excluding hydrogens is 333 g/mol. The highest BCUT2D eigenvalue weighted by atomic mass is 19.1. The number of hydrogen-bond donors (Lipinski definition) is 0. The van der Waals surface area contributed by atoms with Crippen molar-refractivity contribution in [1.29, 1.82) is 0 Å². The number of benzene rings is 1. The molecule has 0 N–H and O–H groups in total. The Morgan fingerprint density at radius 3 is 2.81 bits per heavy atom. The van der Waals surface area contributed by atoms with Crippen molar-refractivity contribution in [1.82, 2.24) is 24.8 Å². The molecule has 0 spiro atoms. The third-order valence-corrected chi connectivity index (χ3v) is 5.16. The maximum Gasteiger partial charge on any atom is 0.239 e. The second-order valence-electron chi connectivity index (χ2n) is 7.10. The number of rotatable bonds is 6. The van der Waals surface area contributed by atoms with E-state index in [0.717, 1.165) is 38.0 Å². The summed E-state index contributed by atoms with van der Waals surface area (Å²) < 4.78 is 15.2. The van der Waals surface area contributed by atoms with Gasteiger partial charge < -0.3 is 4.90 Å². The van der Waals surface area contributed by atoms with Gasteiger partial charge in [-0.05, 0) is 56.5 Å². The van der Waals surface area contributed by atoms with Gasteiger partial charge in [0, 0.05) is 26.3 Å². The standard InChI is InChI=1S/C19H26FN5O/c1-15(19(26)23(2)13-17-4-3-5-18(20)12-17)24-9-6-16(7-10-24)14-25-11-8-21-22-25/h3-5,8,11-12,15-16H,6-7,9-10,13-14H2,1-2H3. The minimum absolute atomic E-state index is 0.0731. The second kappa shape index (κ2) is 8.40. The zero-order chi connectivity index (χ0) is 18.5. The lowest BCUT2D eigenvalue weighted by Gasteiger charge is -2.36. The summed E-state index contributed by atoms with van der Waals surface area (Å²) >= 11 is 0. The topological polar surface area (TPSA) is 54.3 Å². The van der Waals surface area contributed by atoms with Crippen molar-refractivity contribution in [2.75, 3.05) is 20.1 Å². The first kappa shape index (κ1) is 18.5. The van der Waals surface area contributed by atoms with Crippen LogP contribution in [-0.2, 0) is 17.9 Å². The lowest BCUT2D eigenvalue weighted by atomic mass is 9.95. The SMILES string of the molecule is CC(C(=O)N(C)Cc1cccc(F)c1)N1CCC(Cn2ccnn2)CC1. The molecule has 7 heteroatoms. The molecule has 26 heavy (non-hydrogen) atoms. The van der Waals surface area contributed by atoms with Crippen molar-refractivity contribution >= 4 is 5.91 Å². The van der Waals surface area contributed by atoms with Gasteiger partial charge >= 0.3 is 0 Å². The zero-order valence-corrected chi connectivity index (χ0v) is 15.4. The summed E-state index contributed by atoms with van der Waals surface area (Å²) in [5, 5.41) is 7.87. The van der Waals surface area contributed by atoms with Crippen LogP contribution in [0.1, 0.15) is 25.3 Å². The molecule has 140 valence electrons. The molecular formula is C19H26FN5O. The molecule has 2 heterocycles. The maximum atomic E-state index is 13.3. The lowest BCUT2D eigenvalue weighted by Crippen LogP contribution is -2.48. The van der Waals surface area contributed by atoms with Gasteiger partial charge in [-0.15, -0.1) is 5.10 Å². The third-order valence-electron chi connectivity index (χ3n) is 5.16. The Morgan fingerprint density at radius 1 is 1.38 bits per heavy atom. The van der Waals surface area contributed by atoms with Crippen molar-refractivity contribution in [3.05, 3.63) is 48.0 Å². The molecule has 1 aromatic heterocycles. The smallest absolute Gasteiger partial charge is 0.239 e. The average Bonchev–Trinajstić information content (AvgIpc) is 3.14. The van der Waals surface area contributed by atoms with Crippen LogP contribution in [0.15, 0.2) is 36.7 Å². The first-order valence-electron chi connectivity index (χ1n) is 9.10. The van der Waals surface area contributed by atoms with E-state index >= 15 is 0 Å². The normalized spacial score (nSPS) is 17.2. The summed E-state index contributed by atoms with van der Waals surface area (Å²) in [4.78, 5) is 16.7. The number of hydrogen-bond acceptors (Lipinski definition) is 4. The number of carbonyl (C=O) groups is 1. The molecule has 1 aliphatic rings. The molecule has 0 radical (unpaired) electrons. The van der Waals surface area contributed by atoms with Gasteiger partial charge in [-0.25, -0.2) is 4.39 Å². The van der Waals surface area contributed by atoms with E-state index in [2.05, 4.69) is 15.2 Å². The van der Waals surface area contributed by atoms with E-state index in [9.17, 15) is 9.18 Å². The van der Waals surface area contributed by atoms with Crippen LogP contribution in [-0.4, -0.2) is 56.9 Å². The molecule has 1 amide bonds. The number of aromatic nitrogens is 3. The number of likely N-dealkylation sites (tertiary alicyclic amines) is 1. The first-order valence-corrected chi connectivity index (χ1v) is 9.10. The Balaban J connectivity index is 1.49. The molecule has 1 unspecified atom stereocenters. The predicted molar refractivity (Wildman–Crippen MR) is 96.7 cm³/mol. The summed E-state index contributed by atoms with van der Waals surface area (Å²) in [5.74, 6) is 0.370. The summed E-state index contributed by atoms with van der Waals surface area (Å²) in [6, 6.07) is 6.24. The Hall–Kier alpha value is -2.28. The van der Waals surface area contributed by atoms with E-state index in [-0.39, 0.29) is 17.8 Å². The van der Waals surface area contributed by atoms with E-state index in [1.165, 1.54) is 12.1 Å². The van der Waals surface area contributed by atoms with Crippen molar-refractivity contribution < 1.29 is 9.18 Å². The largest absolute Gasteiger partial charge is 0.340 e. The molecule has 1 saturated heterocycles. The zero-order valence-electron chi connectivity index (χ0n) is 15.4. The fraction of sp³-hybridized carbons (Fsp3) is 0.526. The van der Waals surface area contributed by atoms with Gasteiger partial charge in [0.05, 0.1) is 12.2 Å². The number of halogens is 1. The Labute approximate surface area is 153 Å². The van der Waals surface area contributed by atoms with Crippen LogP contribution in [0.5, 0.6) is 0 Å². The highest BCUT2D eigenvalue weighted by Crippen LogP contribution is 2.21. The quantitative estimate of drug-likeness (QED) is 0.793. The average molecular weight is 359 g/mol. The summed E-state index contributed by atoms with van der Waals surface area (Å²) in [7, 11) is 1.78. The Kier molecular flexibility index (Phi) is 5.98. The molecule has 0 bridgehead atoms. The van der Waals surface area contributed by atoms with Crippen molar-refractivity contribution in [2.24, 2.45) is 5.92 Å². The molecule has 1 aromatic carbocycles. The molecule has 1 atom stereocenters. The van der Waals surface area contributed by atoms with Gasteiger partial charge in [0.1, 0.15) is 5.82 Å². The van der Waals surface area contributed by atoms with Crippen LogP contribution in [0.2, 0.25) is 0 Å². The number of amides is 1. The van der Waals surface area contributed by atoms with E-state index in [1.807, 2.05) is 23.9 Å². The van der Waals surface area contributed by atoms with Gasteiger partial charge in [-0.3, -0.25) is 14.4 Å². The Bertz CT molecular complexity index is 712. The van der Waals surface area contributed by atoms with Gasteiger partial charge in [-0.2, -0.15) is 0 Å². The van der Waals surface area contributed by atoms with Crippen molar-refractivity contribution in [3.8, 4) is 0 Å². The van der Waals surface area contributed by atoms with Crippen LogP contribution >= 0.6 is 0 Å². The predicted octanol–water partition coefficient (Wildman–Crippen LogP) is 2.18. The third kappa shape index (κ3) is 4.66. The maximum absolute atomic E-state index is 13.3. The van der Waals surface area contributed by atoms with Gasteiger partial charge in [0.15, 0.2) is 0 Å². The number of piperidine rings is 1. The van der Waals surface area contributed by atoms with Crippen LogP contribution in [0, 0.1) is 11.7 Å². The summed E-state index contributed by atoms with van der Waals surface area (Å²) in [5.41, 5.74) is 0.805. The summed E-state index contributed by atoms with van der Waals surface area (Å²) in [6.45, 7) is 5.07. The van der Waals surface area contributed by atoms with Gasteiger partial charge in [0.25, 0.3) is 0 Å². The monoisotopic (exact) mass is 359 g/mol. The lowest BCUT2D eigenvalue weighted by molar-refractivity contribution is -0.136. The van der Waals surface area contributed by atoms with Crippen molar-refractivity contribution in [2.45, 2.75) is 38.9 Å². The molecule has 0 aliphatic carbocycles. The molecule has 3 rings (SSSR count). The van der Waals surface area contributed by atoms with E-state index in [0.29, 0.717) is 12.5 Å². The van der Waals surface area contributed by atoms with Crippen LogP contribution < -0.4 is 0 Å². The number of nitrogens with zero attached hydrogens (tertiary/aromatic N) is 5. The van der Waals surface area contributed by atoms with Crippen LogP contribution in [0.25, 0.3) is 0 Å². The van der Waals surface area contributed by atoms with E-state index < -0.39 is 0 Å². The molecule has 1 fully saturated rings. The molecule has 6 nitrogen and oxygen atoms in total. The van der Waals surface area contributed by atoms with Crippen LogP contribution in [0.3, 0.4) is 0 Å². The number of carbonyl (C=O) groups excluding carboxylic acids is 1. The van der Waals surface area contributed by atoms with Gasteiger partial charge in [0.2, 0.25) is 5.91 Å².